The fourth-order valence-corrected chi connectivity index (χ4v) is 4.08. The van der Waals surface area contributed by atoms with Gasteiger partial charge < -0.3 is 4.74 Å². The smallest absolute Gasteiger partial charge is 0.344 e. The molecule has 1 rings (SSSR count). The van der Waals surface area contributed by atoms with E-state index in [4.69, 9.17) is 4.74 Å². The molecule has 0 N–H and O–H groups in total. The van der Waals surface area contributed by atoms with Crippen LogP contribution in [0, 0.1) is 18.6 Å². The van der Waals surface area contributed by atoms with Gasteiger partial charge in [-0.25, -0.2) is 13.6 Å². The maximum absolute atomic E-state index is 13.9. The van der Waals surface area contributed by atoms with Crippen molar-refractivity contribution < 1.29 is 18.3 Å². The second-order valence-corrected chi connectivity index (χ2v) is 9.20. The number of benzene rings is 1. The Bertz CT molecular complexity index is 616. The number of hydrogen-bond acceptors (Lipinski definition) is 2. The van der Waals surface area contributed by atoms with E-state index in [0.717, 1.165) is 25.3 Å². The van der Waals surface area contributed by atoms with Crippen molar-refractivity contribution in [2.45, 2.75) is 129 Å². The van der Waals surface area contributed by atoms with E-state index in [1.807, 2.05) is 0 Å². The molecule has 0 aromatic heterocycles. The van der Waals surface area contributed by atoms with Gasteiger partial charge in [0, 0.05) is 0 Å². The zero-order chi connectivity index (χ0) is 23.4. The maximum Gasteiger partial charge on any atom is 0.344 e. The molecule has 0 fully saturated rings. The number of rotatable bonds is 20. The monoisotopic (exact) mass is 452 g/mol. The van der Waals surface area contributed by atoms with Crippen LogP contribution in [0.3, 0.4) is 0 Å². The molecule has 0 saturated heterocycles. The molecule has 1 aromatic rings. The van der Waals surface area contributed by atoms with Crippen LogP contribution in [0.25, 0.3) is 0 Å². The third-order valence-corrected chi connectivity index (χ3v) is 6.22. The minimum Gasteiger partial charge on any atom is -0.462 e. The standard InChI is InChI=1S/C28H46F2O2/c1-3-4-5-6-7-8-9-10-11-12-13-14-15-16-17-18-19-20-23-32-28(31)26-25(29)22-21-24(2)27(26)30/h21-22H,3-20,23H2,1-2H3. The summed E-state index contributed by atoms with van der Waals surface area (Å²) in [7, 11) is 0. The molecule has 1 aromatic carbocycles. The quantitative estimate of drug-likeness (QED) is 0.145. The third kappa shape index (κ3) is 13.2. The number of carbonyl (C=O) groups is 1. The van der Waals surface area contributed by atoms with Crippen molar-refractivity contribution in [1.82, 2.24) is 0 Å². The van der Waals surface area contributed by atoms with Crippen LogP contribution in [0.5, 0.6) is 0 Å². The first-order valence-corrected chi connectivity index (χ1v) is 13.2. The molecular weight excluding hydrogens is 406 g/mol. The minimum atomic E-state index is -0.907. The van der Waals surface area contributed by atoms with E-state index in [9.17, 15) is 13.6 Å². The van der Waals surface area contributed by atoms with Gasteiger partial charge in [0.1, 0.15) is 17.2 Å². The number of aryl methyl sites for hydroxylation is 1. The van der Waals surface area contributed by atoms with Gasteiger partial charge in [-0.1, -0.05) is 122 Å². The Hall–Kier alpha value is -1.45. The van der Waals surface area contributed by atoms with E-state index in [-0.39, 0.29) is 12.2 Å². The second kappa shape index (κ2) is 19.1. The molecule has 0 heterocycles. The van der Waals surface area contributed by atoms with Gasteiger partial charge in [0.2, 0.25) is 0 Å². The van der Waals surface area contributed by atoms with Crippen molar-refractivity contribution in [2.24, 2.45) is 0 Å². The molecule has 0 bridgehead atoms. The fraction of sp³-hybridized carbons (Fsp3) is 0.750. The van der Waals surface area contributed by atoms with Crippen molar-refractivity contribution in [3.8, 4) is 0 Å². The van der Waals surface area contributed by atoms with Crippen molar-refractivity contribution in [2.75, 3.05) is 6.61 Å². The molecule has 0 aliphatic carbocycles. The van der Waals surface area contributed by atoms with E-state index in [1.165, 1.54) is 109 Å². The Morgan fingerprint density at radius 3 is 1.53 bits per heavy atom. The molecule has 0 spiro atoms. The maximum atomic E-state index is 13.9. The highest BCUT2D eigenvalue weighted by Crippen LogP contribution is 2.18. The van der Waals surface area contributed by atoms with Crippen LogP contribution in [0.1, 0.15) is 138 Å². The lowest BCUT2D eigenvalue weighted by Crippen LogP contribution is -2.12. The van der Waals surface area contributed by atoms with E-state index >= 15 is 0 Å². The summed E-state index contributed by atoms with van der Waals surface area (Å²) in [6.45, 7) is 3.98. The van der Waals surface area contributed by atoms with Gasteiger partial charge in [-0.15, -0.1) is 0 Å². The lowest BCUT2D eigenvalue weighted by atomic mass is 10.0. The summed E-state index contributed by atoms with van der Waals surface area (Å²) < 4.78 is 32.7. The van der Waals surface area contributed by atoms with Gasteiger partial charge in [0.05, 0.1) is 6.61 Å². The van der Waals surface area contributed by atoms with Crippen molar-refractivity contribution in [1.29, 1.82) is 0 Å². The summed E-state index contributed by atoms with van der Waals surface area (Å²) >= 11 is 0. The van der Waals surface area contributed by atoms with Crippen LogP contribution < -0.4 is 0 Å². The van der Waals surface area contributed by atoms with E-state index in [2.05, 4.69) is 6.92 Å². The van der Waals surface area contributed by atoms with Gasteiger partial charge in [-0.3, -0.25) is 0 Å². The van der Waals surface area contributed by atoms with Gasteiger partial charge in [0.15, 0.2) is 0 Å². The fourth-order valence-electron chi connectivity index (χ4n) is 4.08. The Kier molecular flexibility index (Phi) is 17.0. The Morgan fingerprint density at radius 2 is 1.09 bits per heavy atom. The summed E-state index contributed by atoms with van der Waals surface area (Å²) in [4.78, 5) is 11.9. The highest BCUT2D eigenvalue weighted by molar-refractivity contribution is 5.90. The summed E-state index contributed by atoms with van der Waals surface area (Å²) in [6, 6.07) is 2.42. The normalized spacial score (nSPS) is 11.1. The zero-order valence-corrected chi connectivity index (χ0v) is 20.7. The SMILES string of the molecule is CCCCCCCCCCCCCCCCCCCCOC(=O)c1c(F)ccc(C)c1F. The molecule has 0 aliphatic rings. The predicted molar refractivity (Wildman–Crippen MR) is 130 cm³/mol. The number of hydrogen-bond donors (Lipinski definition) is 0. The highest BCUT2D eigenvalue weighted by atomic mass is 19.1. The van der Waals surface area contributed by atoms with Crippen LogP contribution in [0.4, 0.5) is 8.78 Å². The lowest BCUT2D eigenvalue weighted by Gasteiger charge is -2.08. The average Bonchev–Trinajstić information content (AvgIpc) is 2.78. The van der Waals surface area contributed by atoms with Gasteiger partial charge >= 0.3 is 5.97 Å². The average molecular weight is 453 g/mol. The second-order valence-electron chi connectivity index (χ2n) is 9.20. The summed E-state index contributed by atoms with van der Waals surface area (Å²) in [5, 5.41) is 0. The summed E-state index contributed by atoms with van der Waals surface area (Å²) in [5.41, 5.74) is -0.334. The first kappa shape index (κ1) is 28.6. The first-order chi connectivity index (χ1) is 15.6. The summed E-state index contributed by atoms with van der Waals surface area (Å²) in [6.07, 6.45) is 23.3. The molecule has 0 aliphatic heterocycles. The topological polar surface area (TPSA) is 26.3 Å². The number of halogens is 2. The number of unbranched alkanes of at least 4 members (excludes halogenated alkanes) is 17. The lowest BCUT2D eigenvalue weighted by molar-refractivity contribution is 0.0486. The highest BCUT2D eigenvalue weighted by Gasteiger charge is 2.20. The molecule has 0 radical (unpaired) electrons. The Balaban J connectivity index is 1.86. The third-order valence-electron chi connectivity index (χ3n) is 6.22. The number of carbonyl (C=O) groups excluding carboxylic acids is 1. The van der Waals surface area contributed by atoms with Crippen LogP contribution in [0.2, 0.25) is 0 Å². The molecule has 0 atom stereocenters. The van der Waals surface area contributed by atoms with Crippen LogP contribution in [-0.4, -0.2) is 12.6 Å². The molecule has 184 valence electrons. The molecule has 0 unspecified atom stereocenters. The van der Waals surface area contributed by atoms with Crippen LogP contribution >= 0.6 is 0 Å². The van der Waals surface area contributed by atoms with Crippen molar-refractivity contribution in [3.05, 3.63) is 34.9 Å². The predicted octanol–water partition coefficient (Wildman–Crippen LogP) is 9.47. The molecule has 0 amide bonds. The van der Waals surface area contributed by atoms with E-state index in [1.54, 1.807) is 0 Å². The zero-order valence-electron chi connectivity index (χ0n) is 20.7. The van der Waals surface area contributed by atoms with Crippen LogP contribution in [0.15, 0.2) is 12.1 Å². The largest absolute Gasteiger partial charge is 0.462 e. The van der Waals surface area contributed by atoms with Crippen molar-refractivity contribution in [3.63, 3.8) is 0 Å². The number of ether oxygens (including phenoxy) is 1. The summed E-state index contributed by atoms with van der Waals surface area (Å²) in [5.74, 6) is -2.60. The Labute approximate surface area is 195 Å². The minimum absolute atomic E-state index is 0.213. The number of esters is 1. The molecule has 4 heteroatoms. The van der Waals surface area contributed by atoms with Gasteiger partial charge in [-0.05, 0) is 25.0 Å². The van der Waals surface area contributed by atoms with Crippen LogP contribution in [-0.2, 0) is 4.74 Å². The molecule has 32 heavy (non-hydrogen) atoms. The first-order valence-electron chi connectivity index (χ1n) is 13.2. The molecular formula is C28H46F2O2. The molecule has 0 saturated carbocycles. The van der Waals surface area contributed by atoms with Gasteiger partial charge in [0.25, 0.3) is 0 Å². The Morgan fingerprint density at radius 1 is 0.688 bits per heavy atom. The molecule has 2 nitrogen and oxygen atoms in total. The van der Waals surface area contributed by atoms with Crippen molar-refractivity contribution >= 4 is 5.97 Å². The van der Waals surface area contributed by atoms with Gasteiger partial charge in [-0.2, -0.15) is 0 Å². The van der Waals surface area contributed by atoms with E-state index in [0.29, 0.717) is 0 Å². The van der Waals surface area contributed by atoms with E-state index < -0.39 is 23.2 Å².